The van der Waals surface area contributed by atoms with Gasteiger partial charge in [-0.15, -0.1) is 0 Å². The molecule has 2 heterocycles. The van der Waals surface area contributed by atoms with Gasteiger partial charge in [-0.3, -0.25) is 9.78 Å². The van der Waals surface area contributed by atoms with Crippen LogP contribution >= 0.6 is 0 Å². The van der Waals surface area contributed by atoms with E-state index < -0.39 is 5.97 Å². The molecular formula is C19H25N3O3. The number of aliphatic carboxylic acids is 1. The Balaban J connectivity index is 1.62. The molecule has 1 N–H and O–H groups in total. The van der Waals surface area contributed by atoms with E-state index in [9.17, 15) is 9.90 Å². The second-order valence-electron chi connectivity index (χ2n) is 6.90. The molecule has 0 spiro atoms. The number of carboxylic acid groups (broad SMARTS) is 1. The van der Waals surface area contributed by atoms with Crippen LogP contribution in [0.3, 0.4) is 0 Å². The lowest BCUT2D eigenvalue weighted by atomic mass is 9.84. The van der Waals surface area contributed by atoms with Gasteiger partial charge in [0, 0.05) is 12.1 Å². The molecule has 134 valence electrons. The summed E-state index contributed by atoms with van der Waals surface area (Å²) in [5.74, 6) is 0.558. The van der Waals surface area contributed by atoms with E-state index in [-0.39, 0.29) is 12.3 Å². The van der Waals surface area contributed by atoms with Gasteiger partial charge < -0.3 is 9.63 Å². The topological polar surface area (TPSA) is 89.1 Å². The molecule has 0 amide bonds. The minimum absolute atomic E-state index is 0.0223. The van der Waals surface area contributed by atoms with E-state index in [0.717, 1.165) is 25.2 Å². The summed E-state index contributed by atoms with van der Waals surface area (Å²) in [7, 11) is 0. The van der Waals surface area contributed by atoms with Crippen LogP contribution in [0.15, 0.2) is 28.9 Å². The van der Waals surface area contributed by atoms with Crippen molar-refractivity contribution in [1.29, 1.82) is 0 Å². The molecule has 1 fully saturated rings. The van der Waals surface area contributed by atoms with Crippen LogP contribution in [0.2, 0.25) is 0 Å². The van der Waals surface area contributed by atoms with Crippen molar-refractivity contribution in [2.24, 2.45) is 5.92 Å². The average molecular weight is 343 g/mol. The molecule has 2 aromatic heterocycles. The Morgan fingerprint density at radius 1 is 1.28 bits per heavy atom. The highest BCUT2D eigenvalue weighted by molar-refractivity contribution is 5.67. The molecule has 6 nitrogen and oxygen atoms in total. The predicted octanol–water partition coefficient (Wildman–Crippen LogP) is 4.44. The van der Waals surface area contributed by atoms with Crippen molar-refractivity contribution in [3.63, 3.8) is 0 Å². The highest BCUT2D eigenvalue weighted by Gasteiger charge is 2.23. The Morgan fingerprint density at radius 3 is 2.84 bits per heavy atom. The van der Waals surface area contributed by atoms with Gasteiger partial charge in [0.05, 0.1) is 6.42 Å². The predicted molar refractivity (Wildman–Crippen MR) is 92.9 cm³/mol. The number of carboxylic acids is 1. The number of nitrogens with zero attached hydrogens (tertiary/aromatic N) is 3. The van der Waals surface area contributed by atoms with Crippen LogP contribution in [0.5, 0.6) is 0 Å². The van der Waals surface area contributed by atoms with Gasteiger partial charge in [-0.05, 0) is 24.5 Å². The maximum absolute atomic E-state index is 11.2. The van der Waals surface area contributed by atoms with Crippen molar-refractivity contribution in [3.8, 4) is 11.5 Å². The molecule has 1 atom stereocenters. The van der Waals surface area contributed by atoms with Crippen LogP contribution in [0.4, 0.5) is 0 Å². The van der Waals surface area contributed by atoms with Crippen molar-refractivity contribution in [1.82, 2.24) is 15.1 Å². The first-order valence-corrected chi connectivity index (χ1v) is 9.19. The highest BCUT2D eigenvalue weighted by Crippen LogP contribution is 2.31. The Morgan fingerprint density at radius 2 is 2.12 bits per heavy atom. The fraction of sp³-hybridized carbons (Fsp3) is 0.579. The van der Waals surface area contributed by atoms with Crippen molar-refractivity contribution in [2.45, 2.75) is 63.7 Å². The third kappa shape index (κ3) is 5.11. The third-order valence-corrected chi connectivity index (χ3v) is 5.00. The minimum Gasteiger partial charge on any atom is -0.481 e. The van der Waals surface area contributed by atoms with Crippen molar-refractivity contribution < 1.29 is 14.4 Å². The second kappa shape index (κ2) is 8.74. The molecule has 3 rings (SSSR count). The monoisotopic (exact) mass is 343 g/mol. The van der Waals surface area contributed by atoms with Crippen molar-refractivity contribution in [3.05, 3.63) is 30.3 Å². The summed E-state index contributed by atoms with van der Waals surface area (Å²) in [6.07, 6.45) is 11.3. The molecule has 1 aliphatic rings. The summed E-state index contributed by atoms with van der Waals surface area (Å²) in [5.41, 5.74) is 0.633. The molecule has 1 aliphatic carbocycles. The lowest BCUT2D eigenvalue weighted by Gasteiger charge is -2.21. The summed E-state index contributed by atoms with van der Waals surface area (Å²) >= 11 is 0. The van der Waals surface area contributed by atoms with Gasteiger partial charge in [0.15, 0.2) is 0 Å². The normalized spacial score (nSPS) is 16.6. The minimum atomic E-state index is -0.833. The number of carbonyl (C=O) groups is 1. The van der Waals surface area contributed by atoms with Crippen molar-refractivity contribution >= 4 is 5.97 Å². The first kappa shape index (κ1) is 17.6. The molecule has 0 aliphatic heterocycles. The van der Waals surface area contributed by atoms with E-state index in [1.165, 1.54) is 32.1 Å². The number of aromatic nitrogens is 3. The summed E-state index contributed by atoms with van der Waals surface area (Å²) in [4.78, 5) is 19.8. The van der Waals surface area contributed by atoms with E-state index in [4.69, 9.17) is 4.52 Å². The molecule has 0 saturated heterocycles. The zero-order chi connectivity index (χ0) is 17.5. The molecule has 0 unspecified atom stereocenters. The smallest absolute Gasteiger partial charge is 0.304 e. The Bertz CT molecular complexity index is 666. The SMILES string of the molecule is O=C(O)C[C@H](CCCC1CCCCC1)c1nc(-c2ccccn2)no1. The van der Waals surface area contributed by atoms with Gasteiger partial charge in [0.2, 0.25) is 11.7 Å². The second-order valence-corrected chi connectivity index (χ2v) is 6.90. The first-order chi connectivity index (χ1) is 12.2. The van der Waals surface area contributed by atoms with Crippen LogP contribution in [0, 0.1) is 5.92 Å². The van der Waals surface area contributed by atoms with E-state index >= 15 is 0 Å². The molecule has 25 heavy (non-hydrogen) atoms. The summed E-state index contributed by atoms with van der Waals surface area (Å²) in [6.45, 7) is 0. The number of hydrogen-bond donors (Lipinski definition) is 1. The molecular weight excluding hydrogens is 318 g/mol. The van der Waals surface area contributed by atoms with Crippen LogP contribution < -0.4 is 0 Å². The summed E-state index contributed by atoms with van der Waals surface area (Å²) in [6, 6.07) is 5.49. The van der Waals surface area contributed by atoms with Crippen LogP contribution in [0.25, 0.3) is 11.5 Å². The number of pyridine rings is 1. The number of hydrogen-bond acceptors (Lipinski definition) is 5. The van der Waals surface area contributed by atoms with Crippen LogP contribution in [0.1, 0.15) is 69.6 Å². The molecule has 2 aromatic rings. The van der Waals surface area contributed by atoms with Gasteiger partial charge in [0.1, 0.15) is 5.69 Å². The van der Waals surface area contributed by atoms with E-state index in [2.05, 4.69) is 15.1 Å². The van der Waals surface area contributed by atoms with Gasteiger partial charge in [0.25, 0.3) is 0 Å². The van der Waals surface area contributed by atoms with E-state index in [1.807, 2.05) is 18.2 Å². The van der Waals surface area contributed by atoms with E-state index in [1.54, 1.807) is 6.20 Å². The maximum atomic E-state index is 11.2. The van der Waals surface area contributed by atoms with Crippen LogP contribution in [-0.2, 0) is 4.79 Å². The fourth-order valence-electron chi connectivity index (χ4n) is 3.65. The summed E-state index contributed by atoms with van der Waals surface area (Å²) < 4.78 is 5.36. The highest BCUT2D eigenvalue weighted by atomic mass is 16.5. The number of rotatable bonds is 8. The fourth-order valence-corrected chi connectivity index (χ4v) is 3.65. The van der Waals surface area contributed by atoms with Gasteiger partial charge in [-0.25, -0.2) is 0 Å². The zero-order valence-corrected chi connectivity index (χ0v) is 14.4. The molecule has 6 heteroatoms. The Labute approximate surface area is 147 Å². The third-order valence-electron chi connectivity index (χ3n) is 5.00. The zero-order valence-electron chi connectivity index (χ0n) is 14.4. The molecule has 0 aromatic carbocycles. The largest absolute Gasteiger partial charge is 0.481 e. The molecule has 0 radical (unpaired) electrons. The maximum Gasteiger partial charge on any atom is 0.304 e. The lowest BCUT2D eigenvalue weighted by Crippen LogP contribution is -2.10. The van der Waals surface area contributed by atoms with Crippen molar-refractivity contribution in [2.75, 3.05) is 0 Å². The quantitative estimate of drug-likeness (QED) is 0.762. The van der Waals surface area contributed by atoms with Crippen LogP contribution in [-0.4, -0.2) is 26.2 Å². The lowest BCUT2D eigenvalue weighted by molar-refractivity contribution is -0.137. The Hall–Kier alpha value is -2.24. The van der Waals surface area contributed by atoms with Gasteiger partial charge in [-0.2, -0.15) is 4.98 Å². The average Bonchev–Trinajstić information content (AvgIpc) is 3.12. The molecule has 0 bridgehead atoms. The van der Waals surface area contributed by atoms with Gasteiger partial charge >= 0.3 is 5.97 Å². The molecule has 1 saturated carbocycles. The van der Waals surface area contributed by atoms with E-state index in [0.29, 0.717) is 17.4 Å². The standard InChI is InChI=1S/C19H25N3O3/c23-17(24)13-15(10-6-9-14-7-2-1-3-8-14)19-21-18(22-25-19)16-11-4-5-12-20-16/h4-5,11-12,14-15H,1-3,6-10,13H2,(H,23,24)/t15-/m0/s1. The van der Waals surface area contributed by atoms with Gasteiger partial charge in [-0.1, -0.05) is 56.2 Å². The Kier molecular flexibility index (Phi) is 6.14. The summed E-state index contributed by atoms with van der Waals surface area (Å²) in [5, 5.41) is 13.2. The first-order valence-electron chi connectivity index (χ1n) is 9.19.